The predicted octanol–water partition coefficient (Wildman–Crippen LogP) is 2.78. The van der Waals surface area contributed by atoms with Gasteiger partial charge in [0.05, 0.1) is 0 Å². The molecule has 0 unspecified atom stereocenters. The lowest BCUT2D eigenvalue weighted by Gasteiger charge is -2.03. The summed E-state index contributed by atoms with van der Waals surface area (Å²) < 4.78 is 0. The first-order chi connectivity index (χ1) is 7.84. The van der Waals surface area contributed by atoms with Crippen molar-refractivity contribution >= 4 is 11.3 Å². The van der Waals surface area contributed by atoms with Gasteiger partial charge in [0.15, 0.2) is 0 Å². The van der Waals surface area contributed by atoms with E-state index < -0.39 is 0 Å². The Morgan fingerprint density at radius 2 is 2.31 bits per heavy atom. The lowest BCUT2D eigenvalue weighted by molar-refractivity contribution is 0.684. The highest BCUT2D eigenvalue weighted by atomic mass is 32.1. The Hall–Kier alpha value is -1.19. The van der Waals surface area contributed by atoms with E-state index in [0.717, 1.165) is 24.5 Å². The molecule has 0 radical (unpaired) electrons. The predicted molar refractivity (Wildman–Crippen MR) is 68.7 cm³/mol. The molecule has 0 fully saturated rings. The zero-order valence-electron chi connectivity index (χ0n) is 9.44. The van der Waals surface area contributed by atoms with Crippen molar-refractivity contribution in [3.05, 3.63) is 52.0 Å². The van der Waals surface area contributed by atoms with Gasteiger partial charge in [-0.1, -0.05) is 29.8 Å². The third-order valence-electron chi connectivity index (χ3n) is 2.43. The molecule has 16 heavy (non-hydrogen) atoms. The maximum absolute atomic E-state index is 4.23. The van der Waals surface area contributed by atoms with Crippen molar-refractivity contribution < 1.29 is 0 Å². The molecule has 0 atom stereocenters. The summed E-state index contributed by atoms with van der Waals surface area (Å²) in [6, 6.07) is 8.67. The number of hydrogen-bond donors (Lipinski definition) is 1. The summed E-state index contributed by atoms with van der Waals surface area (Å²) in [5.74, 6) is 0. The molecule has 2 aromatic rings. The van der Waals surface area contributed by atoms with Gasteiger partial charge in [0.2, 0.25) is 0 Å². The summed E-state index contributed by atoms with van der Waals surface area (Å²) in [4.78, 5) is 4.23. The van der Waals surface area contributed by atoms with Gasteiger partial charge in [0.1, 0.15) is 5.01 Å². The first kappa shape index (κ1) is 11.3. The molecule has 0 amide bonds. The molecule has 0 bridgehead atoms. The van der Waals surface area contributed by atoms with E-state index >= 15 is 0 Å². The number of aryl methyl sites for hydroxylation is 1. The van der Waals surface area contributed by atoms with Gasteiger partial charge in [-0.2, -0.15) is 0 Å². The van der Waals surface area contributed by atoms with Crippen LogP contribution < -0.4 is 5.32 Å². The maximum Gasteiger partial charge on any atom is 0.106 e. The van der Waals surface area contributed by atoms with Crippen LogP contribution in [0.3, 0.4) is 0 Å². The summed E-state index contributed by atoms with van der Waals surface area (Å²) in [7, 11) is 0. The van der Waals surface area contributed by atoms with Crippen LogP contribution in [0.2, 0.25) is 0 Å². The van der Waals surface area contributed by atoms with E-state index in [0.29, 0.717) is 0 Å². The van der Waals surface area contributed by atoms with Gasteiger partial charge in [0, 0.05) is 18.1 Å². The molecule has 1 heterocycles. The van der Waals surface area contributed by atoms with Crippen molar-refractivity contribution in [1.82, 2.24) is 10.3 Å². The van der Waals surface area contributed by atoms with Crippen LogP contribution in [0.25, 0.3) is 0 Å². The van der Waals surface area contributed by atoms with E-state index in [9.17, 15) is 0 Å². The van der Waals surface area contributed by atoms with Crippen molar-refractivity contribution in [2.75, 3.05) is 6.54 Å². The molecule has 0 saturated heterocycles. The second-order valence-electron chi connectivity index (χ2n) is 3.84. The van der Waals surface area contributed by atoms with E-state index in [1.807, 2.05) is 11.6 Å². The number of nitrogens with one attached hydrogen (secondary N) is 1. The summed E-state index contributed by atoms with van der Waals surface area (Å²) in [5, 5.41) is 6.57. The Morgan fingerprint density at radius 1 is 1.38 bits per heavy atom. The lowest BCUT2D eigenvalue weighted by Crippen LogP contribution is -2.16. The number of benzene rings is 1. The van der Waals surface area contributed by atoms with Crippen LogP contribution in [-0.2, 0) is 13.0 Å². The normalized spacial score (nSPS) is 10.6. The first-order valence-electron chi connectivity index (χ1n) is 5.49. The molecule has 1 N–H and O–H groups in total. The van der Waals surface area contributed by atoms with Gasteiger partial charge in [-0.15, -0.1) is 11.3 Å². The minimum Gasteiger partial charge on any atom is -0.310 e. The van der Waals surface area contributed by atoms with E-state index in [1.165, 1.54) is 11.1 Å². The largest absolute Gasteiger partial charge is 0.310 e. The second kappa shape index (κ2) is 5.77. The Bertz CT molecular complexity index is 423. The lowest BCUT2D eigenvalue weighted by atomic mass is 10.1. The number of rotatable bonds is 5. The summed E-state index contributed by atoms with van der Waals surface area (Å²) >= 11 is 1.70. The van der Waals surface area contributed by atoms with Gasteiger partial charge >= 0.3 is 0 Å². The average Bonchev–Trinajstić information content (AvgIpc) is 2.77. The van der Waals surface area contributed by atoms with E-state index in [4.69, 9.17) is 0 Å². The zero-order valence-corrected chi connectivity index (χ0v) is 10.3. The number of thiazole rings is 1. The highest BCUT2D eigenvalue weighted by Crippen LogP contribution is 2.05. The highest BCUT2D eigenvalue weighted by molar-refractivity contribution is 7.09. The maximum atomic E-state index is 4.23. The van der Waals surface area contributed by atoms with Crippen molar-refractivity contribution in [3.63, 3.8) is 0 Å². The van der Waals surface area contributed by atoms with Gasteiger partial charge in [-0.25, -0.2) is 4.98 Å². The van der Waals surface area contributed by atoms with Crippen molar-refractivity contribution in [1.29, 1.82) is 0 Å². The van der Waals surface area contributed by atoms with Gasteiger partial charge < -0.3 is 5.32 Å². The van der Waals surface area contributed by atoms with Crippen molar-refractivity contribution in [3.8, 4) is 0 Å². The number of nitrogens with zero attached hydrogens (tertiary/aromatic N) is 1. The fraction of sp³-hybridized carbons (Fsp3) is 0.308. The first-order valence-corrected chi connectivity index (χ1v) is 6.37. The molecule has 3 heteroatoms. The number of hydrogen-bond acceptors (Lipinski definition) is 3. The minimum atomic E-state index is 0.878. The molecule has 0 saturated carbocycles. The molecule has 0 aliphatic rings. The SMILES string of the molecule is Cc1cccc(CCNCc2nccs2)c1. The van der Waals surface area contributed by atoms with E-state index in [1.54, 1.807) is 11.3 Å². The average molecular weight is 232 g/mol. The molecule has 0 aliphatic carbocycles. The fourth-order valence-corrected chi connectivity index (χ4v) is 2.22. The van der Waals surface area contributed by atoms with Crippen molar-refractivity contribution in [2.24, 2.45) is 0 Å². The van der Waals surface area contributed by atoms with E-state index in [-0.39, 0.29) is 0 Å². The van der Waals surface area contributed by atoms with Crippen LogP contribution in [0.1, 0.15) is 16.1 Å². The van der Waals surface area contributed by atoms with Crippen molar-refractivity contribution in [2.45, 2.75) is 19.9 Å². The van der Waals surface area contributed by atoms with Gasteiger partial charge in [-0.05, 0) is 25.5 Å². The fourth-order valence-electron chi connectivity index (χ4n) is 1.64. The van der Waals surface area contributed by atoms with Crippen LogP contribution in [-0.4, -0.2) is 11.5 Å². The monoisotopic (exact) mass is 232 g/mol. The molecule has 0 aliphatic heterocycles. The quantitative estimate of drug-likeness (QED) is 0.802. The summed E-state index contributed by atoms with van der Waals surface area (Å²) in [6.07, 6.45) is 2.93. The molecule has 0 spiro atoms. The Balaban J connectivity index is 1.72. The van der Waals surface area contributed by atoms with Crippen LogP contribution >= 0.6 is 11.3 Å². The van der Waals surface area contributed by atoms with Crippen LogP contribution in [0.15, 0.2) is 35.8 Å². The zero-order chi connectivity index (χ0) is 11.2. The number of aromatic nitrogens is 1. The molecule has 1 aromatic heterocycles. The molecule has 2 rings (SSSR count). The Kier molecular flexibility index (Phi) is 4.08. The van der Waals surface area contributed by atoms with Gasteiger partial charge in [0.25, 0.3) is 0 Å². The van der Waals surface area contributed by atoms with Crippen LogP contribution in [0.5, 0.6) is 0 Å². The highest BCUT2D eigenvalue weighted by Gasteiger charge is 1.96. The second-order valence-corrected chi connectivity index (χ2v) is 4.82. The molecule has 84 valence electrons. The summed E-state index contributed by atoms with van der Waals surface area (Å²) in [6.45, 7) is 4.01. The minimum absolute atomic E-state index is 0.878. The standard InChI is InChI=1S/C13H16N2S/c1-11-3-2-4-12(9-11)5-6-14-10-13-15-7-8-16-13/h2-4,7-9,14H,5-6,10H2,1H3. The molecular weight excluding hydrogens is 216 g/mol. The smallest absolute Gasteiger partial charge is 0.106 e. The van der Waals surface area contributed by atoms with E-state index in [2.05, 4.69) is 41.5 Å². The van der Waals surface area contributed by atoms with Crippen LogP contribution in [0, 0.1) is 6.92 Å². The third kappa shape index (κ3) is 3.43. The van der Waals surface area contributed by atoms with Gasteiger partial charge in [-0.3, -0.25) is 0 Å². The molecular formula is C13H16N2S. The summed E-state index contributed by atoms with van der Waals surface area (Å²) in [5.41, 5.74) is 2.73. The van der Waals surface area contributed by atoms with Crippen LogP contribution in [0.4, 0.5) is 0 Å². The molecule has 1 aromatic carbocycles. The third-order valence-corrected chi connectivity index (χ3v) is 3.21. The Labute approximate surface area is 100 Å². The topological polar surface area (TPSA) is 24.9 Å². The molecule has 2 nitrogen and oxygen atoms in total. The Morgan fingerprint density at radius 3 is 3.06 bits per heavy atom.